The van der Waals surface area contributed by atoms with Crippen molar-refractivity contribution in [3.63, 3.8) is 0 Å². The Kier molecular flexibility index (Phi) is 5.59. The van der Waals surface area contributed by atoms with E-state index in [-0.39, 0.29) is 5.41 Å². The molecule has 0 aromatic heterocycles. The highest BCUT2D eigenvalue weighted by Crippen LogP contribution is 2.40. The van der Waals surface area contributed by atoms with Gasteiger partial charge < -0.3 is 10.1 Å². The first-order chi connectivity index (χ1) is 10.8. The third kappa shape index (κ3) is 3.14. The smallest absolute Gasteiger partial charge is 0.207 e. The van der Waals surface area contributed by atoms with E-state index in [9.17, 15) is 4.79 Å². The Hall–Kier alpha value is -2.29. The van der Waals surface area contributed by atoms with Crippen LogP contribution in [0, 0.1) is 0 Å². The number of nitrogens with one attached hydrogen (secondary N) is 1. The first kappa shape index (κ1) is 16.1. The highest BCUT2D eigenvalue weighted by molar-refractivity contribution is 5.51. The Morgan fingerprint density at radius 1 is 1.09 bits per heavy atom. The first-order valence-corrected chi connectivity index (χ1v) is 7.64. The Balaban J connectivity index is 2.63. The predicted molar refractivity (Wildman–Crippen MR) is 89.2 cm³/mol. The second kappa shape index (κ2) is 7.64. The molecule has 116 valence electrons. The normalized spacial score (nSPS) is 13.2. The summed E-state index contributed by atoms with van der Waals surface area (Å²) in [5, 5.41) is 2.89. The van der Waals surface area contributed by atoms with E-state index in [2.05, 4.69) is 30.4 Å². The van der Waals surface area contributed by atoms with Gasteiger partial charge in [0, 0.05) is 17.5 Å². The minimum Gasteiger partial charge on any atom is -0.496 e. The number of methoxy groups -OCH3 is 1. The number of benzene rings is 2. The molecule has 2 aromatic carbocycles. The molecule has 1 atom stereocenters. The number of carbonyl (C=O) groups is 1. The Labute approximate surface area is 132 Å². The van der Waals surface area contributed by atoms with E-state index in [1.165, 1.54) is 5.56 Å². The van der Waals surface area contributed by atoms with Crippen molar-refractivity contribution in [2.45, 2.75) is 25.2 Å². The highest BCUT2D eigenvalue weighted by Gasteiger charge is 2.35. The second-order valence-electron chi connectivity index (χ2n) is 5.40. The van der Waals surface area contributed by atoms with Gasteiger partial charge in [-0.15, -0.1) is 0 Å². The van der Waals surface area contributed by atoms with E-state index in [1.54, 1.807) is 7.11 Å². The van der Waals surface area contributed by atoms with Crippen LogP contribution in [0.3, 0.4) is 0 Å². The Morgan fingerprint density at radius 3 is 2.41 bits per heavy atom. The Bertz CT molecular complexity index is 597. The Morgan fingerprint density at radius 2 is 1.77 bits per heavy atom. The first-order valence-electron chi connectivity index (χ1n) is 7.64. The average Bonchev–Trinajstić information content (AvgIpc) is 2.59. The second-order valence-corrected chi connectivity index (χ2v) is 5.40. The van der Waals surface area contributed by atoms with Gasteiger partial charge in [-0.2, -0.15) is 0 Å². The van der Waals surface area contributed by atoms with Crippen LogP contribution in [0.5, 0.6) is 5.75 Å². The molecular formula is C19H23NO2. The van der Waals surface area contributed by atoms with Crippen molar-refractivity contribution in [3.8, 4) is 5.75 Å². The van der Waals surface area contributed by atoms with Crippen LogP contribution in [0.4, 0.5) is 0 Å². The van der Waals surface area contributed by atoms with Gasteiger partial charge in [-0.3, -0.25) is 4.79 Å². The number of hydrogen-bond donors (Lipinski definition) is 1. The number of rotatable bonds is 8. The number of amides is 1. The van der Waals surface area contributed by atoms with Gasteiger partial charge in [0.2, 0.25) is 6.41 Å². The zero-order valence-corrected chi connectivity index (χ0v) is 13.2. The zero-order valence-electron chi connectivity index (χ0n) is 13.2. The molecule has 0 heterocycles. The van der Waals surface area contributed by atoms with Crippen LogP contribution in [-0.2, 0) is 10.2 Å². The summed E-state index contributed by atoms with van der Waals surface area (Å²) in [6.07, 6.45) is 2.70. The van der Waals surface area contributed by atoms with Crippen LogP contribution in [-0.4, -0.2) is 20.1 Å². The predicted octanol–water partition coefficient (Wildman–Crippen LogP) is 3.53. The summed E-state index contributed by atoms with van der Waals surface area (Å²) in [4.78, 5) is 10.9. The van der Waals surface area contributed by atoms with E-state index < -0.39 is 0 Å². The molecule has 0 aliphatic rings. The molecule has 22 heavy (non-hydrogen) atoms. The lowest BCUT2D eigenvalue weighted by Crippen LogP contribution is -2.39. The van der Waals surface area contributed by atoms with Gasteiger partial charge in [0.05, 0.1) is 7.11 Å². The molecule has 0 saturated carbocycles. The van der Waals surface area contributed by atoms with Crippen molar-refractivity contribution in [3.05, 3.63) is 65.7 Å². The maximum Gasteiger partial charge on any atom is 0.207 e. The van der Waals surface area contributed by atoms with Gasteiger partial charge in [0.15, 0.2) is 0 Å². The molecule has 0 unspecified atom stereocenters. The van der Waals surface area contributed by atoms with E-state index in [4.69, 9.17) is 4.74 Å². The molecule has 3 heteroatoms. The SMILES string of the molecule is CCC[C@](CNC=O)(c1ccccc1)c1ccccc1OC. The van der Waals surface area contributed by atoms with E-state index >= 15 is 0 Å². The molecule has 0 aliphatic heterocycles. The maximum atomic E-state index is 10.9. The fourth-order valence-electron chi connectivity index (χ4n) is 3.16. The van der Waals surface area contributed by atoms with E-state index in [0.717, 1.165) is 30.6 Å². The molecule has 0 aliphatic carbocycles. The van der Waals surface area contributed by atoms with Crippen LogP contribution in [0.1, 0.15) is 30.9 Å². The molecule has 0 saturated heterocycles. The average molecular weight is 297 g/mol. The summed E-state index contributed by atoms with van der Waals surface area (Å²) in [6.45, 7) is 2.71. The molecule has 3 nitrogen and oxygen atoms in total. The van der Waals surface area contributed by atoms with Crippen LogP contribution in [0.25, 0.3) is 0 Å². The van der Waals surface area contributed by atoms with Crippen molar-refractivity contribution >= 4 is 6.41 Å². The van der Waals surface area contributed by atoms with Crippen molar-refractivity contribution in [1.82, 2.24) is 5.32 Å². The van der Waals surface area contributed by atoms with Crippen molar-refractivity contribution in [2.24, 2.45) is 0 Å². The summed E-state index contributed by atoms with van der Waals surface area (Å²) < 4.78 is 5.58. The van der Waals surface area contributed by atoms with Gasteiger partial charge in [-0.05, 0) is 18.1 Å². The van der Waals surface area contributed by atoms with Gasteiger partial charge in [-0.1, -0.05) is 61.9 Å². The lowest BCUT2D eigenvalue weighted by Gasteiger charge is -2.35. The van der Waals surface area contributed by atoms with Crippen LogP contribution in [0.2, 0.25) is 0 Å². The standard InChI is InChI=1S/C19H23NO2/c1-3-13-19(14-20-15-21,16-9-5-4-6-10-16)17-11-7-8-12-18(17)22-2/h4-12,15H,3,13-14H2,1-2H3,(H,20,21)/t19-/m0/s1. The third-order valence-corrected chi connectivity index (χ3v) is 4.11. The van der Waals surface area contributed by atoms with Crippen molar-refractivity contribution < 1.29 is 9.53 Å². The molecule has 1 N–H and O–H groups in total. The fourth-order valence-corrected chi connectivity index (χ4v) is 3.16. The van der Waals surface area contributed by atoms with Crippen LogP contribution >= 0.6 is 0 Å². The number of carbonyl (C=O) groups excluding carboxylic acids is 1. The van der Waals surface area contributed by atoms with Crippen LogP contribution in [0.15, 0.2) is 54.6 Å². The summed E-state index contributed by atoms with van der Waals surface area (Å²) in [5.74, 6) is 0.854. The summed E-state index contributed by atoms with van der Waals surface area (Å²) in [5.41, 5.74) is 2.01. The maximum absolute atomic E-state index is 10.9. The highest BCUT2D eigenvalue weighted by atomic mass is 16.5. The van der Waals surface area contributed by atoms with Gasteiger partial charge in [-0.25, -0.2) is 0 Å². The summed E-state index contributed by atoms with van der Waals surface area (Å²) in [7, 11) is 1.69. The molecule has 2 rings (SSSR count). The molecule has 0 bridgehead atoms. The lowest BCUT2D eigenvalue weighted by molar-refractivity contribution is -0.109. The molecule has 0 radical (unpaired) electrons. The third-order valence-electron chi connectivity index (χ3n) is 4.11. The van der Waals surface area contributed by atoms with Crippen molar-refractivity contribution in [2.75, 3.05) is 13.7 Å². The number of ether oxygens (including phenoxy) is 1. The molecular weight excluding hydrogens is 274 g/mol. The molecule has 0 spiro atoms. The minimum atomic E-state index is -0.288. The van der Waals surface area contributed by atoms with Crippen LogP contribution < -0.4 is 10.1 Å². The summed E-state index contributed by atoms with van der Waals surface area (Å²) in [6, 6.07) is 18.4. The lowest BCUT2D eigenvalue weighted by atomic mass is 9.71. The summed E-state index contributed by atoms with van der Waals surface area (Å²) >= 11 is 0. The quantitative estimate of drug-likeness (QED) is 0.757. The van der Waals surface area contributed by atoms with Gasteiger partial charge >= 0.3 is 0 Å². The van der Waals surface area contributed by atoms with E-state index in [0.29, 0.717) is 6.54 Å². The molecule has 2 aromatic rings. The fraction of sp³-hybridized carbons (Fsp3) is 0.316. The van der Waals surface area contributed by atoms with Crippen molar-refractivity contribution in [1.29, 1.82) is 0 Å². The van der Waals surface area contributed by atoms with Gasteiger partial charge in [0.25, 0.3) is 0 Å². The zero-order chi connectivity index (χ0) is 15.8. The monoisotopic (exact) mass is 297 g/mol. The molecule has 0 fully saturated rings. The largest absolute Gasteiger partial charge is 0.496 e. The minimum absolute atomic E-state index is 0.288. The number of para-hydroxylation sites is 1. The van der Waals surface area contributed by atoms with Gasteiger partial charge in [0.1, 0.15) is 5.75 Å². The number of hydrogen-bond acceptors (Lipinski definition) is 2. The molecule has 1 amide bonds. The topological polar surface area (TPSA) is 38.3 Å². The van der Waals surface area contributed by atoms with E-state index in [1.807, 2.05) is 36.4 Å².